The lowest BCUT2D eigenvalue weighted by Gasteiger charge is -2.09. The van der Waals surface area contributed by atoms with Crippen LogP contribution in [0.4, 0.5) is 0 Å². The van der Waals surface area contributed by atoms with Crippen LogP contribution in [0.3, 0.4) is 0 Å². The Kier molecular flexibility index (Phi) is 4.36. The Morgan fingerprint density at radius 2 is 2.27 bits per heavy atom. The predicted molar refractivity (Wildman–Crippen MR) is 45.2 cm³/mol. The van der Waals surface area contributed by atoms with E-state index in [1.165, 1.54) is 0 Å². The van der Waals surface area contributed by atoms with Crippen molar-refractivity contribution >= 4 is 24.4 Å². The SMILES string of the molecule is C=CC(=O)N[C@@H](CS)C(N)=O. The maximum atomic E-state index is 10.6. The van der Waals surface area contributed by atoms with Crippen molar-refractivity contribution in [2.24, 2.45) is 5.73 Å². The first kappa shape index (κ1) is 10.0. The van der Waals surface area contributed by atoms with E-state index < -0.39 is 17.9 Å². The molecule has 11 heavy (non-hydrogen) atoms. The highest BCUT2D eigenvalue weighted by Crippen LogP contribution is 1.86. The number of carbonyl (C=O) groups is 2. The molecule has 0 saturated carbocycles. The maximum Gasteiger partial charge on any atom is 0.244 e. The Morgan fingerprint density at radius 1 is 1.73 bits per heavy atom. The van der Waals surface area contributed by atoms with Crippen molar-refractivity contribution in [3.05, 3.63) is 12.7 Å². The second-order valence-electron chi connectivity index (χ2n) is 1.85. The summed E-state index contributed by atoms with van der Waals surface area (Å²) in [4.78, 5) is 21.1. The minimum atomic E-state index is -0.719. The van der Waals surface area contributed by atoms with Crippen LogP contribution < -0.4 is 11.1 Å². The molecule has 0 aliphatic carbocycles. The van der Waals surface area contributed by atoms with Crippen LogP contribution in [-0.4, -0.2) is 23.6 Å². The molecule has 0 fully saturated rings. The molecule has 0 rings (SSSR count). The van der Waals surface area contributed by atoms with Crippen molar-refractivity contribution in [1.29, 1.82) is 0 Å². The van der Waals surface area contributed by atoms with E-state index in [1.807, 2.05) is 0 Å². The van der Waals surface area contributed by atoms with Gasteiger partial charge in [0.1, 0.15) is 6.04 Å². The Labute approximate surface area is 70.2 Å². The predicted octanol–water partition coefficient (Wildman–Crippen LogP) is -0.928. The van der Waals surface area contributed by atoms with Crippen LogP contribution in [0, 0.1) is 0 Å². The molecule has 0 radical (unpaired) electrons. The molecule has 0 aliphatic rings. The molecule has 4 nitrogen and oxygen atoms in total. The second-order valence-corrected chi connectivity index (χ2v) is 2.22. The molecule has 0 unspecified atom stereocenters. The van der Waals surface area contributed by atoms with Crippen molar-refractivity contribution in [2.75, 3.05) is 5.75 Å². The number of thiol groups is 1. The number of carbonyl (C=O) groups excluding carboxylic acids is 2. The Bertz CT molecular complexity index is 181. The minimum absolute atomic E-state index is 0.189. The molecule has 0 saturated heterocycles. The lowest BCUT2D eigenvalue weighted by atomic mass is 10.3. The fourth-order valence-electron chi connectivity index (χ4n) is 0.437. The number of hydrogen-bond donors (Lipinski definition) is 3. The van der Waals surface area contributed by atoms with Gasteiger partial charge < -0.3 is 11.1 Å². The van der Waals surface area contributed by atoms with Gasteiger partial charge in [0.2, 0.25) is 11.8 Å². The maximum absolute atomic E-state index is 10.6. The van der Waals surface area contributed by atoms with E-state index in [4.69, 9.17) is 5.73 Å². The van der Waals surface area contributed by atoms with Gasteiger partial charge in [0.05, 0.1) is 0 Å². The van der Waals surface area contributed by atoms with Gasteiger partial charge in [-0.3, -0.25) is 9.59 Å². The van der Waals surface area contributed by atoms with Crippen molar-refractivity contribution in [3.8, 4) is 0 Å². The number of nitrogens with one attached hydrogen (secondary N) is 1. The summed E-state index contributed by atoms with van der Waals surface area (Å²) in [5.41, 5.74) is 4.91. The van der Waals surface area contributed by atoms with Crippen molar-refractivity contribution in [1.82, 2.24) is 5.32 Å². The number of primary amides is 1. The minimum Gasteiger partial charge on any atom is -0.368 e. The Balaban J connectivity index is 3.97. The normalized spacial score (nSPS) is 11.7. The lowest BCUT2D eigenvalue weighted by molar-refractivity contribution is -0.124. The highest BCUT2D eigenvalue weighted by Gasteiger charge is 2.13. The summed E-state index contributed by atoms with van der Waals surface area (Å²) in [6, 6.07) is -0.719. The fraction of sp³-hybridized carbons (Fsp3) is 0.333. The van der Waals surface area contributed by atoms with E-state index in [-0.39, 0.29) is 5.75 Å². The summed E-state index contributed by atoms with van der Waals surface area (Å²) in [6.07, 6.45) is 1.07. The van der Waals surface area contributed by atoms with Gasteiger partial charge in [-0.05, 0) is 6.08 Å². The lowest BCUT2D eigenvalue weighted by Crippen LogP contribution is -2.45. The number of nitrogens with two attached hydrogens (primary N) is 1. The van der Waals surface area contributed by atoms with Gasteiger partial charge >= 0.3 is 0 Å². The molecule has 0 heterocycles. The summed E-state index contributed by atoms with van der Waals surface area (Å²) < 4.78 is 0. The van der Waals surface area contributed by atoms with Gasteiger partial charge in [-0.1, -0.05) is 6.58 Å². The first-order valence-corrected chi connectivity index (χ1v) is 3.58. The smallest absolute Gasteiger partial charge is 0.244 e. The third-order valence-electron chi connectivity index (χ3n) is 1.03. The molecule has 0 aliphatic heterocycles. The van der Waals surface area contributed by atoms with Crippen LogP contribution in [0.5, 0.6) is 0 Å². The quantitative estimate of drug-likeness (QED) is 0.380. The second kappa shape index (κ2) is 4.79. The topological polar surface area (TPSA) is 72.2 Å². The third-order valence-corrected chi connectivity index (χ3v) is 1.39. The van der Waals surface area contributed by atoms with Crippen LogP contribution in [0.2, 0.25) is 0 Å². The van der Waals surface area contributed by atoms with Gasteiger partial charge in [0.15, 0.2) is 0 Å². The molecule has 0 aromatic heterocycles. The monoisotopic (exact) mass is 174 g/mol. The number of hydrogen-bond acceptors (Lipinski definition) is 3. The average molecular weight is 174 g/mol. The Hall–Kier alpha value is -0.970. The molecule has 0 spiro atoms. The Morgan fingerprint density at radius 3 is 2.55 bits per heavy atom. The average Bonchev–Trinajstić information content (AvgIpc) is 1.99. The van der Waals surface area contributed by atoms with Crippen molar-refractivity contribution < 1.29 is 9.59 Å². The highest BCUT2D eigenvalue weighted by atomic mass is 32.1. The van der Waals surface area contributed by atoms with Gasteiger partial charge in [0.25, 0.3) is 0 Å². The molecular weight excluding hydrogens is 164 g/mol. The van der Waals surface area contributed by atoms with E-state index >= 15 is 0 Å². The molecule has 0 bridgehead atoms. The molecule has 1 atom stereocenters. The van der Waals surface area contributed by atoms with Crippen LogP contribution in [0.25, 0.3) is 0 Å². The molecule has 5 heteroatoms. The molecule has 0 aromatic carbocycles. The van der Waals surface area contributed by atoms with E-state index in [9.17, 15) is 9.59 Å². The van der Waals surface area contributed by atoms with Crippen LogP contribution in [0.1, 0.15) is 0 Å². The van der Waals surface area contributed by atoms with Crippen LogP contribution in [0.15, 0.2) is 12.7 Å². The third kappa shape index (κ3) is 3.67. The summed E-state index contributed by atoms with van der Waals surface area (Å²) in [7, 11) is 0. The van der Waals surface area contributed by atoms with Gasteiger partial charge in [-0.15, -0.1) is 0 Å². The number of amides is 2. The van der Waals surface area contributed by atoms with Crippen LogP contribution >= 0.6 is 12.6 Å². The molecule has 2 amide bonds. The number of rotatable bonds is 4. The summed E-state index contributed by atoms with van der Waals surface area (Å²) in [6.45, 7) is 3.22. The summed E-state index contributed by atoms with van der Waals surface area (Å²) >= 11 is 3.82. The molecular formula is C6H10N2O2S. The summed E-state index contributed by atoms with van der Waals surface area (Å²) in [5, 5.41) is 2.31. The van der Waals surface area contributed by atoms with Crippen molar-refractivity contribution in [3.63, 3.8) is 0 Å². The first-order valence-electron chi connectivity index (χ1n) is 2.95. The standard InChI is InChI=1S/C6H10N2O2S/c1-2-5(9)8-4(3-11)6(7)10/h2,4,11H,1,3H2,(H2,7,10)(H,8,9)/t4-/m0/s1. The summed E-state index contributed by atoms with van der Waals surface area (Å²) in [5.74, 6) is -0.840. The van der Waals surface area contributed by atoms with E-state index in [2.05, 4.69) is 24.5 Å². The van der Waals surface area contributed by atoms with E-state index in [0.29, 0.717) is 0 Å². The zero-order valence-electron chi connectivity index (χ0n) is 5.91. The molecule has 0 aromatic rings. The largest absolute Gasteiger partial charge is 0.368 e. The highest BCUT2D eigenvalue weighted by molar-refractivity contribution is 7.80. The first-order chi connectivity index (χ1) is 5.11. The van der Waals surface area contributed by atoms with Crippen LogP contribution in [-0.2, 0) is 9.59 Å². The van der Waals surface area contributed by atoms with Gasteiger partial charge in [0, 0.05) is 5.75 Å². The van der Waals surface area contributed by atoms with Gasteiger partial charge in [-0.2, -0.15) is 12.6 Å². The molecule has 3 N–H and O–H groups in total. The van der Waals surface area contributed by atoms with Crippen molar-refractivity contribution in [2.45, 2.75) is 6.04 Å². The van der Waals surface area contributed by atoms with E-state index in [1.54, 1.807) is 0 Å². The zero-order chi connectivity index (χ0) is 8.85. The zero-order valence-corrected chi connectivity index (χ0v) is 6.80. The van der Waals surface area contributed by atoms with Gasteiger partial charge in [-0.25, -0.2) is 0 Å². The van der Waals surface area contributed by atoms with E-state index in [0.717, 1.165) is 6.08 Å². The molecule has 62 valence electrons. The fourth-order valence-corrected chi connectivity index (χ4v) is 0.709.